The molecule has 1 N–H and O–H groups in total. The molecule has 2 aromatic rings. The van der Waals surface area contributed by atoms with Crippen molar-refractivity contribution < 1.29 is 14.3 Å². The first-order valence-corrected chi connectivity index (χ1v) is 6.76. The van der Waals surface area contributed by atoms with E-state index in [1.165, 1.54) is 0 Å². The molecule has 6 nitrogen and oxygen atoms in total. The molecule has 0 fully saturated rings. The number of ether oxygens (including phenoxy) is 1. The third-order valence-corrected chi connectivity index (χ3v) is 3.34. The molecule has 0 saturated carbocycles. The van der Waals surface area contributed by atoms with Gasteiger partial charge in [-0.05, 0) is 49.6 Å². The SMILES string of the molecule is CCOC(=O)c1ccc(NC(=O)c2snnc2C)cc1. The van der Waals surface area contributed by atoms with E-state index in [1.807, 2.05) is 0 Å². The van der Waals surface area contributed by atoms with Gasteiger partial charge in [0.1, 0.15) is 4.88 Å². The Labute approximate surface area is 119 Å². The van der Waals surface area contributed by atoms with Gasteiger partial charge in [0, 0.05) is 5.69 Å². The predicted molar refractivity (Wildman–Crippen MR) is 75.0 cm³/mol. The Morgan fingerprint density at radius 3 is 2.55 bits per heavy atom. The second-order valence-electron chi connectivity index (χ2n) is 3.94. The molecule has 1 aromatic carbocycles. The van der Waals surface area contributed by atoms with Crippen LogP contribution in [0.5, 0.6) is 0 Å². The van der Waals surface area contributed by atoms with Crippen LogP contribution < -0.4 is 5.32 Å². The lowest BCUT2D eigenvalue weighted by molar-refractivity contribution is 0.0526. The van der Waals surface area contributed by atoms with E-state index in [-0.39, 0.29) is 11.9 Å². The van der Waals surface area contributed by atoms with Crippen LogP contribution in [0.25, 0.3) is 0 Å². The van der Waals surface area contributed by atoms with Crippen LogP contribution in [0.4, 0.5) is 5.69 Å². The Hall–Kier alpha value is -2.28. The van der Waals surface area contributed by atoms with Gasteiger partial charge in [0.05, 0.1) is 17.9 Å². The van der Waals surface area contributed by atoms with Crippen LogP contribution >= 0.6 is 11.5 Å². The minimum absolute atomic E-state index is 0.263. The number of hydrogen-bond donors (Lipinski definition) is 1. The molecule has 0 saturated heterocycles. The van der Waals surface area contributed by atoms with Gasteiger partial charge in [-0.25, -0.2) is 4.79 Å². The Morgan fingerprint density at radius 1 is 1.30 bits per heavy atom. The zero-order valence-electron chi connectivity index (χ0n) is 11.0. The molecular formula is C13H13N3O3S. The molecule has 0 bridgehead atoms. The Morgan fingerprint density at radius 2 is 2.00 bits per heavy atom. The van der Waals surface area contributed by atoms with E-state index in [0.717, 1.165) is 11.5 Å². The fraction of sp³-hybridized carbons (Fsp3) is 0.231. The molecule has 0 atom stereocenters. The fourth-order valence-electron chi connectivity index (χ4n) is 1.53. The van der Waals surface area contributed by atoms with Gasteiger partial charge in [0.25, 0.3) is 5.91 Å². The number of carbonyl (C=O) groups is 2. The average Bonchev–Trinajstić information content (AvgIpc) is 2.86. The van der Waals surface area contributed by atoms with Crippen LogP contribution in [0.2, 0.25) is 0 Å². The monoisotopic (exact) mass is 291 g/mol. The van der Waals surface area contributed by atoms with Crippen LogP contribution in [0.3, 0.4) is 0 Å². The maximum Gasteiger partial charge on any atom is 0.338 e. The second-order valence-corrected chi connectivity index (χ2v) is 4.69. The lowest BCUT2D eigenvalue weighted by Crippen LogP contribution is -2.12. The highest BCUT2D eigenvalue weighted by atomic mass is 32.1. The van der Waals surface area contributed by atoms with Gasteiger partial charge in [0.2, 0.25) is 0 Å². The summed E-state index contributed by atoms with van der Waals surface area (Å²) in [7, 11) is 0. The standard InChI is InChI=1S/C13H13N3O3S/c1-3-19-13(18)9-4-6-10(7-5-9)14-12(17)11-8(2)15-16-20-11/h4-7H,3H2,1-2H3,(H,14,17). The van der Waals surface area contributed by atoms with Gasteiger partial charge in [0.15, 0.2) is 0 Å². The van der Waals surface area contributed by atoms with Crippen LogP contribution in [0.1, 0.15) is 32.6 Å². The number of carbonyl (C=O) groups excluding carboxylic acids is 2. The first kappa shape index (κ1) is 14.1. The van der Waals surface area contributed by atoms with E-state index in [1.54, 1.807) is 38.1 Å². The lowest BCUT2D eigenvalue weighted by atomic mass is 10.2. The van der Waals surface area contributed by atoms with Crippen molar-refractivity contribution in [2.45, 2.75) is 13.8 Å². The molecule has 0 spiro atoms. The third-order valence-electron chi connectivity index (χ3n) is 2.51. The van der Waals surface area contributed by atoms with E-state index in [9.17, 15) is 9.59 Å². The average molecular weight is 291 g/mol. The molecule has 0 aliphatic rings. The topological polar surface area (TPSA) is 81.2 Å². The molecule has 1 aromatic heterocycles. The van der Waals surface area contributed by atoms with Crippen molar-refractivity contribution in [3.05, 3.63) is 40.4 Å². The summed E-state index contributed by atoms with van der Waals surface area (Å²) in [6.07, 6.45) is 0. The summed E-state index contributed by atoms with van der Waals surface area (Å²) in [5, 5.41) is 6.51. The van der Waals surface area contributed by atoms with Crippen molar-refractivity contribution in [3.8, 4) is 0 Å². The maximum atomic E-state index is 11.9. The number of nitrogens with one attached hydrogen (secondary N) is 1. The Bertz CT molecular complexity index is 622. The van der Waals surface area contributed by atoms with Crippen molar-refractivity contribution in [2.75, 3.05) is 11.9 Å². The Kier molecular flexibility index (Phi) is 4.41. The van der Waals surface area contributed by atoms with Gasteiger partial charge in [-0.2, -0.15) is 0 Å². The largest absolute Gasteiger partial charge is 0.462 e. The molecule has 7 heteroatoms. The summed E-state index contributed by atoms with van der Waals surface area (Å²) >= 11 is 1.04. The zero-order chi connectivity index (χ0) is 14.5. The number of aromatic nitrogens is 2. The van der Waals surface area contributed by atoms with Crippen molar-refractivity contribution >= 4 is 29.1 Å². The number of anilines is 1. The molecule has 20 heavy (non-hydrogen) atoms. The van der Waals surface area contributed by atoms with E-state index in [4.69, 9.17) is 4.74 Å². The Balaban J connectivity index is 2.06. The van der Waals surface area contributed by atoms with E-state index in [2.05, 4.69) is 14.9 Å². The minimum Gasteiger partial charge on any atom is -0.462 e. The fourth-order valence-corrected chi connectivity index (χ4v) is 2.08. The molecular weight excluding hydrogens is 278 g/mol. The number of amides is 1. The summed E-state index contributed by atoms with van der Waals surface area (Å²) in [5.41, 5.74) is 1.63. The smallest absolute Gasteiger partial charge is 0.338 e. The van der Waals surface area contributed by atoms with Crippen LogP contribution in [-0.2, 0) is 4.74 Å². The molecule has 1 amide bonds. The third kappa shape index (κ3) is 3.18. The highest BCUT2D eigenvalue weighted by Crippen LogP contribution is 2.15. The number of nitrogens with zero attached hydrogens (tertiary/aromatic N) is 2. The summed E-state index contributed by atoms with van der Waals surface area (Å²) in [6, 6.07) is 6.50. The summed E-state index contributed by atoms with van der Waals surface area (Å²) in [5.74, 6) is -0.644. The number of benzene rings is 1. The van der Waals surface area contributed by atoms with Crippen molar-refractivity contribution in [1.82, 2.24) is 9.59 Å². The van der Waals surface area contributed by atoms with Crippen molar-refractivity contribution in [3.63, 3.8) is 0 Å². The molecule has 0 radical (unpaired) electrons. The van der Waals surface area contributed by atoms with Crippen LogP contribution in [0.15, 0.2) is 24.3 Å². The van der Waals surface area contributed by atoms with Gasteiger partial charge >= 0.3 is 5.97 Å². The zero-order valence-corrected chi connectivity index (χ0v) is 11.9. The quantitative estimate of drug-likeness (QED) is 0.874. The van der Waals surface area contributed by atoms with E-state index < -0.39 is 0 Å². The highest BCUT2D eigenvalue weighted by Gasteiger charge is 2.13. The first-order valence-electron chi connectivity index (χ1n) is 5.99. The normalized spacial score (nSPS) is 10.1. The molecule has 0 aliphatic carbocycles. The number of rotatable bonds is 4. The number of aryl methyl sites for hydroxylation is 1. The van der Waals surface area contributed by atoms with Gasteiger partial charge in [-0.1, -0.05) is 4.49 Å². The van der Waals surface area contributed by atoms with E-state index >= 15 is 0 Å². The minimum atomic E-state index is -0.382. The first-order chi connectivity index (χ1) is 9.61. The lowest BCUT2D eigenvalue weighted by Gasteiger charge is -2.05. The summed E-state index contributed by atoms with van der Waals surface area (Å²) in [6.45, 7) is 3.80. The van der Waals surface area contributed by atoms with Gasteiger partial charge < -0.3 is 10.1 Å². The predicted octanol–water partition coefficient (Wildman–Crippen LogP) is 2.28. The van der Waals surface area contributed by atoms with Crippen LogP contribution in [0, 0.1) is 6.92 Å². The molecule has 1 heterocycles. The molecule has 2 rings (SSSR count). The number of hydrogen-bond acceptors (Lipinski definition) is 6. The maximum absolute atomic E-state index is 11.9. The van der Waals surface area contributed by atoms with E-state index in [0.29, 0.717) is 28.4 Å². The van der Waals surface area contributed by atoms with Crippen LogP contribution in [-0.4, -0.2) is 28.1 Å². The molecule has 0 aliphatic heterocycles. The molecule has 104 valence electrons. The molecule has 0 unspecified atom stereocenters. The van der Waals surface area contributed by atoms with Gasteiger partial charge in [-0.15, -0.1) is 5.10 Å². The summed E-state index contributed by atoms with van der Waals surface area (Å²) in [4.78, 5) is 23.9. The summed E-state index contributed by atoms with van der Waals surface area (Å²) < 4.78 is 8.59. The van der Waals surface area contributed by atoms with Crippen molar-refractivity contribution in [1.29, 1.82) is 0 Å². The number of esters is 1. The highest BCUT2D eigenvalue weighted by molar-refractivity contribution is 7.08. The second kappa shape index (κ2) is 6.25. The van der Waals surface area contributed by atoms with Crippen molar-refractivity contribution in [2.24, 2.45) is 0 Å². The van der Waals surface area contributed by atoms with Gasteiger partial charge in [-0.3, -0.25) is 4.79 Å².